The van der Waals surface area contributed by atoms with Crippen LogP contribution in [-0.4, -0.2) is 10.1 Å². The van der Waals surface area contributed by atoms with Crippen LogP contribution in [0.25, 0.3) is 20.8 Å². The van der Waals surface area contributed by atoms with E-state index < -0.39 is 0 Å². The lowest BCUT2D eigenvalue weighted by atomic mass is 10.1. The summed E-state index contributed by atoms with van der Waals surface area (Å²) in [5.74, 6) is -0.122. The number of halogens is 1. The first kappa shape index (κ1) is 12.1. The van der Waals surface area contributed by atoms with Gasteiger partial charge in [0.1, 0.15) is 16.6 Å². The summed E-state index contributed by atoms with van der Waals surface area (Å²) in [7, 11) is 0. The van der Waals surface area contributed by atoms with E-state index in [4.69, 9.17) is 5.73 Å². The molecule has 5 heteroatoms. The molecular formula is C14H11FN2OS. The van der Waals surface area contributed by atoms with Gasteiger partial charge in [0.25, 0.3) is 0 Å². The van der Waals surface area contributed by atoms with Gasteiger partial charge in [-0.1, -0.05) is 12.1 Å². The maximum absolute atomic E-state index is 13.7. The van der Waals surface area contributed by atoms with E-state index >= 15 is 0 Å². The Morgan fingerprint density at radius 1 is 1.26 bits per heavy atom. The second-order valence-corrected chi connectivity index (χ2v) is 5.17. The van der Waals surface area contributed by atoms with Crippen molar-refractivity contribution < 1.29 is 9.50 Å². The second-order valence-electron chi connectivity index (χ2n) is 4.14. The van der Waals surface area contributed by atoms with Crippen molar-refractivity contribution in [1.82, 2.24) is 4.98 Å². The third kappa shape index (κ3) is 2.07. The molecule has 2 aromatic carbocycles. The van der Waals surface area contributed by atoms with Crippen molar-refractivity contribution in [3.63, 3.8) is 0 Å². The van der Waals surface area contributed by atoms with E-state index in [-0.39, 0.29) is 18.1 Å². The Morgan fingerprint density at radius 2 is 2.11 bits per heavy atom. The Balaban J connectivity index is 2.22. The zero-order valence-electron chi connectivity index (χ0n) is 9.93. The summed E-state index contributed by atoms with van der Waals surface area (Å²) in [6.07, 6.45) is 0. The van der Waals surface area contributed by atoms with E-state index in [1.807, 2.05) is 6.07 Å². The zero-order valence-corrected chi connectivity index (χ0v) is 10.7. The molecule has 0 amide bonds. The van der Waals surface area contributed by atoms with Crippen molar-refractivity contribution >= 4 is 21.6 Å². The van der Waals surface area contributed by atoms with Gasteiger partial charge < -0.3 is 10.8 Å². The lowest BCUT2D eigenvalue weighted by Gasteiger charge is -2.05. The van der Waals surface area contributed by atoms with E-state index in [1.54, 1.807) is 24.3 Å². The Kier molecular flexibility index (Phi) is 2.93. The van der Waals surface area contributed by atoms with Crippen LogP contribution in [0.3, 0.4) is 0 Å². The zero-order chi connectivity index (χ0) is 13.4. The molecule has 0 saturated heterocycles. The highest BCUT2D eigenvalue weighted by atomic mass is 32.1. The van der Waals surface area contributed by atoms with Crippen LogP contribution in [0.2, 0.25) is 0 Å². The van der Waals surface area contributed by atoms with E-state index in [9.17, 15) is 9.50 Å². The highest BCUT2D eigenvalue weighted by molar-refractivity contribution is 7.21. The molecule has 0 saturated carbocycles. The molecule has 0 spiro atoms. The van der Waals surface area contributed by atoms with Crippen LogP contribution in [-0.2, 0) is 6.54 Å². The van der Waals surface area contributed by atoms with Crippen LogP contribution in [0.15, 0.2) is 36.4 Å². The molecule has 0 aliphatic carbocycles. The van der Waals surface area contributed by atoms with Crippen LogP contribution < -0.4 is 5.73 Å². The van der Waals surface area contributed by atoms with Crippen molar-refractivity contribution in [2.45, 2.75) is 6.54 Å². The molecule has 3 N–H and O–H groups in total. The van der Waals surface area contributed by atoms with Gasteiger partial charge in [-0.05, 0) is 24.3 Å². The first-order valence-electron chi connectivity index (χ1n) is 5.76. The number of nitrogens with two attached hydrogens (primary N) is 1. The summed E-state index contributed by atoms with van der Waals surface area (Å²) in [4.78, 5) is 4.46. The third-order valence-corrected chi connectivity index (χ3v) is 3.98. The Hall–Kier alpha value is -1.98. The monoisotopic (exact) mass is 274 g/mol. The Labute approximate surface area is 113 Å². The average molecular weight is 274 g/mol. The molecule has 0 atom stereocenters. The molecule has 0 unspecified atom stereocenters. The molecule has 3 rings (SSSR count). The summed E-state index contributed by atoms with van der Waals surface area (Å²) in [5, 5.41) is 10.2. The van der Waals surface area contributed by atoms with Crippen molar-refractivity contribution in [3.05, 3.63) is 47.8 Å². The predicted octanol–water partition coefficient (Wildman–Crippen LogP) is 3.27. The molecule has 1 aromatic heterocycles. The fraction of sp³-hybridized carbons (Fsp3) is 0.0714. The second kappa shape index (κ2) is 4.60. The first-order valence-corrected chi connectivity index (χ1v) is 6.58. The minimum Gasteiger partial charge on any atom is -0.508 e. The average Bonchev–Trinajstić information content (AvgIpc) is 2.81. The summed E-state index contributed by atoms with van der Waals surface area (Å²) in [5.41, 5.74) is 7.56. The van der Waals surface area contributed by atoms with Crippen LogP contribution in [0.1, 0.15) is 5.56 Å². The van der Waals surface area contributed by atoms with Crippen molar-refractivity contribution in [3.8, 4) is 16.3 Å². The standard InChI is InChI=1S/C14H11FN2OS/c15-11-3-1-2-9(10(11)7-16)14-17-12-5-4-8(18)6-13(12)19-14/h1-6,18H,7,16H2. The SMILES string of the molecule is NCc1c(F)cccc1-c1nc2ccc(O)cc2s1. The number of benzene rings is 2. The molecule has 0 fully saturated rings. The first-order chi connectivity index (χ1) is 9.19. The molecule has 19 heavy (non-hydrogen) atoms. The van der Waals surface area contributed by atoms with Gasteiger partial charge in [-0.2, -0.15) is 0 Å². The largest absolute Gasteiger partial charge is 0.508 e. The molecule has 0 aliphatic heterocycles. The van der Waals surface area contributed by atoms with E-state index in [0.717, 1.165) is 10.2 Å². The van der Waals surface area contributed by atoms with Crippen molar-refractivity contribution in [2.24, 2.45) is 5.73 Å². The normalized spacial score (nSPS) is 11.1. The highest BCUT2D eigenvalue weighted by Gasteiger charge is 2.13. The summed E-state index contributed by atoms with van der Waals surface area (Å²) < 4.78 is 14.6. The van der Waals surface area contributed by atoms with Gasteiger partial charge in [0.2, 0.25) is 0 Å². The number of hydrogen-bond donors (Lipinski definition) is 2. The maximum atomic E-state index is 13.7. The lowest BCUT2D eigenvalue weighted by molar-refractivity contribution is 0.476. The molecule has 0 aliphatic rings. The number of phenols is 1. The van der Waals surface area contributed by atoms with Gasteiger partial charge in [0.15, 0.2) is 0 Å². The number of fused-ring (bicyclic) bond motifs is 1. The van der Waals surface area contributed by atoms with Crippen LogP contribution >= 0.6 is 11.3 Å². The molecule has 0 radical (unpaired) electrons. The fourth-order valence-corrected chi connectivity index (χ4v) is 3.05. The minimum atomic E-state index is -0.317. The number of aromatic nitrogens is 1. The number of aromatic hydroxyl groups is 1. The van der Waals surface area contributed by atoms with Gasteiger partial charge >= 0.3 is 0 Å². The number of thiazole rings is 1. The van der Waals surface area contributed by atoms with Gasteiger partial charge in [-0.3, -0.25) is 0 Å². The lowest BCUT2D eigenvalue weighted by Crippen LogP contribution is -2.02. The van der Waals surface area contributed by atoms with Gasteiger partial charge in [-0.25, -0.2) is 9.37 Å². The Bertz CT molecular complexity index is 754. The third-order valence-electron chi connectivity index (χ3n) is 2.93. The molecule has 3 aromatic rings. The summed E-state index contributed by atoms with van der Waals surface area (Å²) >= 11 is 1.41. The molecule has 0 bridgehead atoms. The predicted molar refractivity (Wildman–Crippen MR) is 74.6 cm³/mol. The number of phenolic OH excluding ortho intramolecular Hbond substituents is 1. The van der Waals surface area contributed by atoms with Crippen molar-refractivity contribution in [1.29, 1.82) is 0 Å². The minimum absolute atomic E-state index is 0.128. The highest BCUT2D eigenvalue weighted by Crippen LogP contribution is 2.34. The topological polar surface area (TPSA) is 59.1 Å². The van der Waals surface area contributed by atoms with Crippen LogP contribution in [0.4, 0.5) is 4.39 Å². The molecular weight excluding hydrogens is 263 g/mol. The fourth-order valence-electron chi connectivity index (χ4n) is 1.99. The van der Waals surface area contributed by atoms with Crippen LogP contribution in [0, 0.1) is 5.82 Å². The smallest absolute Gasteiger partial charge is 0.128 e. The number of hydrogen-bond acceptors (Lipinski definition) is 4. The molecule has 96 valence electrons. The van der Waals surface area contributed by atoms with Gasteiger partial charge in [0.05, 0.1) is 10.2 Å². The van der Waals surface area contributed by atoms with E-state index in [0.29, 0.717) is 16.1 Å². The van der Waals surface area contributed by atoms with E-state index in [2.05, 4.69) is 4.98 Å². The molecule has 3 nitrogen and oxygen atoms in total. The quantitative estimate of drug-likeness (QED) is 0.754. The summed E-state index contributed by atoms with van der Waals surface area (Å²) in [6, 6.07) is 9.83. The maximum Gasteiger partial charge on any atom is 0.128 e. The van der Waals surface area contributed by atoms with Crippen LogP contribution in [0.5, 0.6) is 5.75 Å². The molecule has 1 heterocycles. The Morgan fingerprint density at radius 3 is 2.89 bits per heavy atom. The van der Waals surface area contributed by atoms with Crippen molar-refractivity contribution in [2.75, 3.05) is 0 Å². The van der Waals surface area contributed by atoms with Gasteiger partial charge in [0, 0.05) is 17.7 Å². The van der Waals surface area contributed by atoms with Gasteiger partial charge in [-0.15, -0.1) is 11.3 Å². The number of nitrogens with zero attached hydrogens (tertiary/aromatic N) is 1. The number of rotatable bonds is 2. The van der Waals surface area contributed by atoms with E-state index in [1.165, 1.54) is 17.4 Å². The summed E-state index contributed by atoms with van der Waals surface area (Å²) in [6.45, 7) is 0.128.